The van der Waals surface area contributed by atoms with Crippen molar-refractivity contribution in [2.24, 2.45) is 11.8 Å². The van der Waals surface area contributed by atoms with Gasteiger partial charge in [-0.3, -0.25) is 9.59 Å². The van der Waals surface area contributed by atoms with Gasteiger partial charge in [-0.05, 0) is 40.5 Å². The smallest absolute Gasteiger partial charge is 0.407 e. The van der Waals surface area contributed by atoms with Gasteiger partial charge >= 0.3 is 12.1 Å². The number of carbonyl (C=O) groups is 3. The number of hydrogen-bond acceptors (Lipinski definition) is 4. The normalized spacial score (nSPS) is 14.2. The number of aliphatic carboxylic acids is 1. The minimum atomic E-state index is -0.910. The van der Waals surface area contributed by atoms with E-state index in [2.05, 4.69) is 34.9 Å². The van der Waals surface area contributed by atoms with Gasteiger partial charge in [0.05, 0.1) is 0 Å². The number of carboxylic acid groups (broad SMARTS) is 1. The first kappa shape index (κ1) is 24.3. The Morgan fingerprint density at radius 2 is 1.55 bits per heavy atom. The third kappa shape index (κ3) is 6.34. The van der Waals surface area contributed by atoms with E-state index in [-0.39, 0.29) is 43.2 Å². The molecule has 7 heteroatoms. The first-order valence-electron chi connectivity index (χ1n) is 11.4. The van der Waals surface area contributed by atoms with Crippen LogP contribution in [0.25, 0.3) is 11.1 Å². The van der Waals surface area contributed by atoms with E-state index in [1.807, 2.05) is 38.1 Å². The first-order valence-corrected chi connectivity index (χ1v) is 11.4. The molecule has 0 spiro atoms. The second-order valence-electron chi connectivity index (χ2n) is 9.10. The van der Waals surface area contributed by atoms with Crippen LogP contribution >= 0.6 is 0 Å². The van der Waals surface area contributed by atoms with Gasteiger partial charge in [0.25, 0.3) is 0 Å². The number of carbonyl (C=O) groups excluding carboxylic acids is 2. The van der Waals surface area contributed by atoms with Crippen LogP contribution in [-0.4, -0.2) is 42.3 Å². The summed E-state index contributed by atoms with van der Waals surface area (Å²) in [5, 5.41) is 14.3. The minimum absolute atomic E-state index is 0.0328. The molecule has 2 amide bonds. The Hall–Kier alpha value is -3.35. The lowest BCUT2D eigenvalue weighted by atomic mass is 9.98. The molecule has 0 heterocycles. The van der Waals surface area contributed by atoms with Crippen LogP contribution in [0.1, 0.15) is 50.7 Å². The summed E-state index contributed by atoms with van der Waals surface area (Å²) in [7, 11) is 0. The van der Waals surface area contributed by atoms with E-state index in [9.17, 15) is 14.4 Å². The molecule has 1 unspecified atom stereocenters. The molecule has 0 aromatic heterocycles. The molecule has 3 rings (SSSR count). The third-order valence-corrected chi connectivity index (χ3v) is 5.81. The molecule has 0 saturated carbocycles. The van der Waals surface area contributed by atoms with Gasteiger partial charge in [0.1, 0.15) is 12.6 Å². The number of carboxylic acids is 1. The van der Waals surface area contributed by atoms with Crippen molar-refractivity contribution in [3.8, 4) is 11.1 Å². The van der Waals surface area contributed by atoms with E-state index in [0.717, 1.165) is 22.3 Å². The van der Waals surface area contributed by atoms with Crippen LogP contribution < -0.4 is 10.6 Å². The lowest BCUT2D eigenvalue weighted by molar-refractivity contribution is -0.138. The van der Waals surface area contributed by atoms with Crippen LogP contribution in [0.2, 0.25) is 0 Å². The summed E-state index contributed by atoms with van der Waals surface area (Å²) in [6.45, 7) is 6.09. The number of fused-ring (bicyclic) bond motifs is 3. The minimum Gasteiger partial charge on any atom is -0.481 e. The number of rotatable bonds is 10. The highest BCUT2D eigenvalue weighted by molar-refractivity contribution is 5.85. The van der Waals surface area contributed by atoms with Gasteiger partial charge in [-0.1, -0.05) is 69.3 Å². The molecule has 33 heavy (non-hydrogen) atoms. The Morgan fingerprint density at radius 3 is 2.09 bits per heavy atom. The van der Waals surface area contributed by atoms with E-state index in [1.165, 1.54) is 0 Å². The lowest BCUT2D eigenvalue weighted by Crippen LogP contribution is -2.48. The SMILES string of the molecule is CC(C)C[C@H](NC(=O)OCC1c2ccccc2-c2ccccc21)C(=O)NCC(C)CC(=O)O. The average molecular weight is 453 g/mol. The summed E-state index contributed by atoms with van der Waals surface area (Å²) in [5.74, 6) is -1.34. The van der Waals surface area contributed by atoms with E-state index in [1.54, 1.807) is 6.92 Å². The lowest BCUT2D eigenvalue weighted by Gasteiger charge is -2.22. The highest BCUT2D eigenvalue weighted by atomic mass is 16.5. The maximum atomic E-state index is 12.7. The molecule has 2 atom stereocenters. The zero-order valence-electron chi connectivity index (χ0n) is 19.3. The summed E-state index contributed by atoms with van der Waals surface area (Å²) in [4.78, 5) is 36.1. The molecule has 1 aliphatic rings. The first-order chi connectivity index (χ1) is 15.8. The van der Waals surface area contributed by atoms with Gasteiger partial charge < -0.3 is 20.5 Å². The van der Waals surface area contributed by atoms with Crippen molar-refractivity contribution in [1.29, 1.82) is 0 Å². The van der Waals surface area contributed by atoms with Gasteiger partial charge in [0.15, 0.2) is 0 Å². The van der Waals surface area contributed by atoms with Gasteiger partial charge in [0.2, 0.25) is 5.91 Å². The average Bonchev–Trinajstić information content (AvgIpc) is 3.08. The largest absolute Gasteiger partial charge is 0.481 e. The van der Waals surface area contributed by atoms with Crippen molar-refractivity contribution < 1.29 is 24.2 Å². The zero-order valence-corrected chi connectivity index (χ0v) is 19.3. The topological polar surface area (TPSA) is 105 Å². The molecule has 1 aliphatic carbocycles. The summed E-state index contributed by atoms with van der Waals surface area (Å²) >= 11 is 0. The number of hydrogen-bond donors (Lipinski definition) is 3. The van der Waals surface area contributed by atoms with Crippen molar-refractivity contribution in [3.05, 3.63) is 59.7 Å². The number of benzene rings is 2. The summed E-state index contributed by atoms with van der Waals surface area (Å²) < 4.78 is 5.57. The van der Waals surface area contributed by atoms with E-state index >= 15 is 0 Å². The molecular formula is C26H32N2O5. The number of nitrogens with one attached hydrogen (secondary N) is 2. The molecule has 2 aromatic carbocycles. The maximum Gasteiger partial charge on any atom is 0.407 e. The number of amides is 2. The molecule has 3 N–H and O–H groups in total. The van der Waals surface area contributed by atoms with Crippen LogP contribution in [0.3, 0.4) is 0 Å². The van der Waals surface area contributed by atoms with Crippen LogP contribution in [0.5, 0.6) is 0 Å². The Kier molecular flexibility index (Phi) is 8.09. The van der Waals surface area contributed by atoms with Crippen molar-refractivity contribution in [1.82, 2.24) is 10.6 Å². The second kappa shape index (κ2) is 11.0. The molecule has 0 saturated heterocycles. The second-order valence-corrected chi connectivity index (χ2v) is 9.10. The van der Waals surface area contributed by atoms with Crippen molar-refractivity contribution in [3.63, 3.8) is 0 Å². The predicted octanol–water partition coefficient (Wildman–Crippen LogP) is 4.17. The summed E-state index contributed by atoms with van der Waals surface area (Å²) in [6, 6.07) is 15.4. The predicted molar refractivity (Wildman–Crippen MR) is 126 cm³/mol. The van der Waals surface area contributed by atoms with Crippen molar-refractivity contribution >= 4 is 18.0 Å². The van der Waals surface area contributed by atoms with Crippen molar-refractivity contribution in [2.45, 2.75) is 45.6 Å². The standard InChI is InChI=1S/C26H32N2O5/c1-16(2)12-23(25(31)27-14-17(3)13-24(29)30)28-26(32)33-15-22-20-10-6-4-8-18(20)19-9-5-7-11-21(19)22/h4-11,16-17,22-23H,12-15H2,1-3H3,(H,27,31)(H,28,32)(H,29,30)/t17?,23-/m0/s1. The quantitative estimate of drug-likeness (QED) is 0.502. The Balaban J connectivity index is 1.60. The highest BCUT2D eigenvalue weighted by Crippen LogP contribution is 2.44. The molecule has 0 aliphatic heterocycles. The fourth-order valence-corrected chi connectivity index (χ4v) is 4.25. The van der Waals surface area contributed by atoms with Crippen molar-refractivity contribution in [2.75, 3.05) is 13.2 Å². The van der Waals surface area contributed by atoms with Crippen LogP contribution in [0.4, 0.5) is 4.79 Å². The highest BCUT2D eigenvalue weighted by Gasteiger charge is 2.30. The number of ether oxygens (including phenoxy) is 1. The Bertz CT molecular complexity index is 958. The Morgan fingerprint density at radius 1 is 0.970 bits per heavy atom. The Labute approximate surface area is 194 Å². The maximum absolute atomic E-state index is 12.7. The monoisotopic (exact) mass is 452 g/mol. The van der Waals surface area contributed by atoms with E-state index in [4.69, 9.17) is 9.84 Å². The molecular weight excluding hydrogens is 420 g/mol. The third-order valence-electron chi connectivity index (χ3n) is 5.81. The van der Waals surface area contributed by atoms with Gasteiger partial charge in [-0.2, -0.15) is 0 Å². The van der Waals surface area contributed by atoms with Gasteiger partial charge in [-0.25, -0.2) is 4.79 Å². The summed E-state index contributed by atoms with van der Waals surface area (Å²) in [5.41, 5.74) is 4.54. The summed E-state index contributed by atoms with van der Waals surface area (Å²) in [6.07, 6.45) is -0.227. The molecule has 0 fully saturated rings. The van der Waals surface area contributed by atoms with Gasteiger partial charge in [0, 0.05) is 18.9 Å². The van der Waals surface area contributed by atoms with Crippen LogP contribution in [0, 0.1) is 11.8 Å². The van der Waals surface area contributed by atoms with E-state index < -0.39 is 18.1 Å². The van der Waals surface area contributed by atoms with E-state index in [0.29, 0.717) is 6.42 Å². The zero-order chi connectivity index (χ0) is 24.0. The van der Waals surface area contributed by atoms with Gasteiger partial charge in [-0.15, -0.1) is 0 Å². The molecule has 0 bridgehead atoms. The van der Waals surface area contributed by atoms with Crippen LogP contribution in [-0.2, 0) is 14.3 Å². The number of alkyl carbamates (subject to hydrolysis) is 1. The molecule has 0 radical (unpaired) electrons. The fourth-order valence-electron chi connectivity index (χ4n) is 4.25. The fraction of sp³-hybridized carbons (Fsp3) is 0.423. The molecule has 7 nitrogen and oxygen atoms in total. The van der Waals surface area contributed by atoms with Crippen LogP contribution in [0.15, 0.2) is 48.5 Å². The molecule has 176 valence electrons. The molecule has 2 aromatic rings.